The molecule has 3 nitrogen and oxygen atoms in total. The lowest BCUT2D eigenvalue weighted by molar-refractivity contribution is 0.0535. The number of benzene rings is 4. The van der Waals surface area contributed by atoms with E-state index in [1.54, 1.807) is 0 Å². The van der Waals surface area contributed by atoms with Gasteiger partial charge in [-0.15, -0.1) is 0 Å². The SMILES string of the molecule is O=C1OCc2c1cc1cc(OCc3ccccc3)ccc1c2-c1ccccc1Cl. The maximum atomic E-state index is 12.3. The van der Waals surface area contributed by atoms with Crippen molar-refractivity contribution in [3.63, 3.8) is 0 Å². The van der Waals surface area contributed by atoms with Gasteiger partial charge in [-0.2, -0.15) is 0 Å². The second-order valence-electron chi connectivity index (χ2n) is 6.99. The number of esters is 1. The van der Waals surface area contributed by atoms with Gasteiger partial charge >= 0.3 is 5.97 Å². The third kappa shape index (κ3) is 3.24. The van der Waals surface area contributed by atoms with E-state index in [0.717, 1.165) is 38.8 Å². The highest BCUT2D eigenvalue weighted by atomic mass is 35.5. The van der Waals surface area contributed by atoms with E-state index >= 15 is 0 Å². The minimum atomic E-state index is -0.300. The summed E-state index contributed by atoms with van der Waals surface area (Å²) in [6.45, 7) is 0.744. The van der Waals surface area contributed by atoms with Crippen LogP contribution in [0.2, 0.25) is 5.02 Å². The van der Waals surface area contributed by atoms with Crippen LogP contribution in [-0.2, 0) is 18.0 Å². The predicted molar refractivity (Wildman–Crippen MR) is 114 cm³/mol. The Labute approximate surface area is 173 Å². The predicted octanol–water partition coefficient (Wildman–Crippen LogP) is 6.41. The molecule has 4 aromatic rings. The molecule has 0 N–H and O–H groups in total. The molecule has 1 aliphatic heterocycles. The minimum Gasteiger partial charge on any atom is -0.489 e. The van der Waals surface area contributed by atoms with Crippen molar-refractivity contribution in [1.82, 2.24) is 0 Å². The molecule has 1 aliphatic rings. The molecule has 0 saturated carbocycles. The van der Waals surface area contributed by atoms with Crippen LogP contribution >= 0.6 is 11.6 Å². The fraction of sp³-hybridized carbons (Fsp3) is 0.0800. The van der Waals surface area contributed by atoms with E-state index in [9.17, 15) is 4.79 Å². The Bertz CT molecular complexity index is 1230. The lowest BCUT2D eigenvalue weighted by atomic mass is 9.90. The van der Waals surface area contributed by atoms with Gasteiger partial charge in [0.2, 0.25) is 0 Å². The van der Waals surface area contributed by atoms with Crippen molar-refractivity contribution in [2.75, 3.05) is 0 Å². The highest BCUT2D eigenvalue weighted by Gasteiger charge is 2.27. The van der Waals surface area contributed by atoms with Crippen LogP contribution in [0.15, 0.2) is 78.9 Å². The van der Waals surface area contributed by atoms with E-state index in [1.165, 1.54) is 0 Å². The van der Waals surface area contributed by atoms with Gasteiger partial charge in [0.05, 0.1) is 5.56 Å². The summed E-state index contributed by atoms with van der Waals surface area (Å²) in [7, 11) is 0. The standard InChI is InChI=1S/C25H17ClO3/c26-23-9-5-4-8-20(23)24-19-11-10-18(28-14-16-6-2-1-3-7-16)12-17(19)13-21-22(24)15-29-25(21)27/h1-13H,14-15H2. The first-order valence-corrected chi connectivity index (χ1v) is 9.77. The van der Waals surface area contributed by atoms with Gasteiger partial charge in [0, 0.05) is 16.1 Å². The van der Waals surface area contributed by atoms with Crippen molar-refractivity contribution < 1.29 is 14.3 Å². The maximum absolute atomic E-state index is 12.3. The number of fused-ring (bicyclic) bond motifs is 2. The van der Waals surface area contributed by atoms with Crippen molar-refractivity contribution in [2.24, 2.45) is 0 Å². The zero-order valence-electron chi connectivity index (χ0n) is 15.5. The van der Waals surface area contributed by atoms with Gasteiger partial charge in [0.25, 0.3) is 0 Å². The molecular weight excluding hydrogens is 384 g/mol. The number of hydrogen-bond donors (Lipinski definition) is 0. The van der Waals surface area contributed by atoms with Gasteiger partial charge in [-0.3, -0.25) is 0 Å². The molecule has 0 unspecified atom stereocenters. The lowest BCUT2D eigenvalue weighted by Crippen LogP contribution is -1.97. The zero-order chi connectivity index (χ0) is 19.8. The average Bonchev–Trinajstić information content (AvgIpc) is 3.12. The largest absolute Gasteiger partial charge is 0.489 e. The van der Waals surface area contributed by atoms with Crippen molar-refractivity contribution in [1.29, 1.82) is 0 Å². The van der Waals surface area contributed by atoms with Crippen molar-refractivity contribution in [2.45, 2.75) is 13.2 Å². The summed E-state index contributed by atoms with van der Waals surface area (Å²) in [6.07, 6.45) is 0. The second-order valence-corrected chi connectivity index (χ2v) is 7.40. The summed E-state index contributed by atoms with van der Waals surface area (Å²) in [4.78, 5) is 12.3. The number of ether oxygens (including phenoxy) is 2. The fourth-order valence-electron chi connectivity index (χ4n) is 3.78. The number of rotatable bonds is 4. The van der Waals surface area contributed by atoms with E-state index in [4.69, 9.17) is 21.1 Å². The molecule has 0 saturated heterocycles. The van der Waals surface area contributed by atoms with Crippen LogP contribution in [0.3, 0.4) is 0 Å². The smallest absolute Gasteiger partial charge is 0.338 e. The van der Waals surface area contributed by atoms with E-state index in [2.05, 4.69) is 0 Å². The Balaban J connectivity index is 1.63. The molecular formula is C25H17ClO3. The van der Waals surface area contributed by atoms with Gasteiger partial charge < -0.3 is 9.47 Å². The highest BCUT2D eigenvalue weighted by molar-refractivity contribution is 6.34. The summed E-state index contributed by atoms with van der Waals surface area (Å²) in [5, 5.41) is 2.58. The summed E-state index contributed by atoms with van der Waals surface area (Å²) < 4.78 is 11.3. The van der Waals surface area contributed by atoms with Crippen LogP contribution in [0.1, 0.15) is 21.5 Å². The Hall–Kier alpha value is -3.30. The molecule has 0 fully saturated rings. The van der Waals surface area contributed by atoms with Gasteiger partial charge in [0.15, 0.2) is 0 Å². The number of hydrogen-bond acceptors (Lipinski definition) is 3. The highest BCUT2D eigenvalue weighted by Crippen LogP contribution is 2.41. The monoisotopic (exact) mass is 400 g/mol. The van der Waals surface area contributed by atoms with Gasteiger partial charge in [-0.05, 0) is 46.2 Å². The normalized spacial score (nSPS) is 12.7. The average molecular weight is 401 g/mol. The number of carbonyl (C=O) groups is 1. The van der Waals surface area contributed by atoms with Gasteiger partial charge in [-0.1, -0.05) is 66.2 Å². The number of halogens is 1. The van der Waals surface area contributed by atoms with Crippen molar-refractivity contribution in [3.8, 4) is 16.9 Å². The molecule has 4 heteroatoms. The zero-order valence-corrected chi connectivity index (χ0v) is 16.3. The molecule has 0 atom stereocenters. The van der Waals surface area contributed by atoms with Crippen molar-refractivity contribution in [3.05, 3.63) is 101 Å². The van der Waals surface area contributed by atoms with Crippen LogP contribution in [0, 0.1) is 0 Å². The van der Waals surface area contributed by atoms with Crippen LogP contribution in [0.4, 0.5) is 0 Å². The number of carbonyl (C=O) groups excluding carboxylic acids is 1. The van der Waals surface area contributed by atoms with Gasteiger partial charge in [0.1, 0.15) is 19.0 Å². The molecule has 0 bridgehead atoms. The topological polar surface area (TPSA) is 35.5 Å². The van der Waals surface area contributed by atoms with E-state index in [1.807, 2.05) is 78.9 Å². The third-order valence-corrected chi connectivity index (χ3v) is 5.51. The maximum Gasteiger partial charge on any atom is 0.338 e. The molecule has 142 valence electrons. The first-order valence-electron chi connectivity index (χ1n) is 9.39. The summed E-state index contributed by atoms with van der Waals surface area (Å²) in [5.41, 5.74) is 4.42. The Morgan fingerprint density at radius 1 is 0.897 bits per heavy atom. The molecule has 0 aliphatic carbocycles. The van der Waals surface area contributed by atoms with E-state index in [-0.39, 0.29) is 12.6 Å². The third-order valence-electron chi connectivity index (χ3n) is 5.18. The molecule has 0 radical (unpaired) electrons. The van der Waals surface area contributed by atoms with Crippen LogP contribution in [0.25, 0.3) is 21.9 Å². The summed E-state index contributed by atoms with van der Waals surface area (Å²) in [6, 6.07) is 25.5. The Kier molecular flexibility index (Phi) is 4.45. The minimum absolute atomic E-state index is 0.261. The molecule has 0 amide bonds. The molecule has 1 heterocycles. The van der Waals surface area contributed by atoms with Crippen LogP contribution < -0.4 is 4.74 Å². The van der Waals surface area contributed by atoms with E-state index < -0.39 is 0 Å². The van der Waals surface area contributed by atoms with E-state index in [0.29, 0.717) is 17.2 Å². The molecule has 4 aromatic carbocycles. The van der Waals surface area contributed by atoms with Crippen LogP contribution in [-0.4, -0.2) is 5.97 Å². The number of cyclic esters (lactones) is 1. The van der Waals surface area contributed by atoms with Crippen LogP contribution in [0.5, 0.6) is 5.75 Å². The van der Waals surface area contributed by atoms with Crippen molar-refractivity contribution >= 4 is 28.3 Å². The first-order chi connectivity index (χ1) is 14.2. The second kappa shape index (κ2) is 7.26. The quantitative estimate of drug-likeness (QED) is 0.371. The Morgan fingerprint density at radius 2 is 1.69 bits per heavy atom. The summed E-state index contributed by atoms with van der Waals surface area (Å²) >= 11 is 6.50. The molecule has 0 spiro atoms. The lowest BCUT2D eigenvalue weighted by Gasteiger charge is -2.14. The molecule has 5 rings (SSSR count). The molecule has 29 heavy (non-hydrogen) atoms. The first kappa shape index (κ1) is 17.8. The van der Waals surface area contributed by atoms with Gasteiger partial charge in [-0.25, -0.2) is 4.79 Å². The molecule has 0 aromatic heterocycles. The fourth-order valence-corrected chi connectivity index (χ4v) is 4.01. The Morgan fingerprint density at radius 3 is 2.52 bits per heavy atom. The summed E-state index contributed by atoms with van der Waals surface area (Å²) in [5.74, 6) is 0.448.